The molecule has 8 nitrogen and oxygen atoms in total. The maximum Gasteiger partial charge on any atom is 0.241 e. The molecule has 1 N–H and O–H groups in total. The van der Waals surface area contributed by atoms with Gasteiger partial charge in [0, 0.05) is 26.2 Å². The second-order valence-electron chi connectivity index (χ2n) is 8.15. The smallest absolute Gasteiger partial charge is 0.241 e. The highest BCUT2D eigenvalue weighted by atomic mass is 32.2. The number of carbonyl (C=O) groups excluding carboxylic acids is 2. The van der Waals surface area contributed by atoms with Crippen LogP contribution in [0.2, 0.25) is 0 Å². The van der Waals surface area contributed by atoms with Gasteiger partial charge in [0.15, 0.2) is 5.16 Å². The Morgan fingerprint density at radius 1 is 0.968 bits per heavy atom. The van der Waals surface area contributed by atoms with Gasteiger partial charge >= 0.3 is 0 Å². The zero-order valence-electron chi connectivity index (χ0n) is 18.0. The zero-order chi connectivity index (χ0) is 21.6. The van der Waals surface area contributed by atoms with E-state index in [1.165, 1.54) is 23.7 Å². The first-order valence-corrected chi connectivity index (χ1v) is 12.0. The van der Waals surface area contributed by atoms with Gasteiger partial charge in [-0.25, -0.2) is 0 Å². The number of aromatic nitrogens is 3. The Labute approximate surface area is 187 Å². The van der Waals surface area contributed by atoms with E-state index in [1.807, 2.05) is 9.47 Å². The first-order valence-electron chi connectivity index (χ1n) is 11.1. The van der Waals surface area contributed by atoms with Crippen molar-refractivity contribution in [1.29, 1.82) is 0 Å². The molecule has 1 aromatic heterocycles. The molecule has 9 heteroatoms. The van der Waals surface area contributed by atoms with Crippen molar-refractivity contribution >= 4 is 29.5 Å². The molecule has 0 bridgehead atoms. The number of amides is 2. The van der Waals surface area contributed by atoms with Gasteiger partial charge in [-0.2, -0.15) is 0 Å². The Bertz CT molecular complexity index is 901. The molecule has 166 valence electrons. The lowest BCUT2D eigenvalue weighted by atomic mass is 10.1. The molecule has 1 aromatic carbocycles. The van der Waals surface area contributed by atoms with Gasteiger partial charge < -0.3 is 15.1 Å². The second-order valence-corrected chi connectivity index (χ2v) is 9.10. The van der Waals surface area contributed by atoms with Crippen molar-refractivity contribution in [2.45, 2.75) is 44.2 Å². The third-order valence-electron chi connectivity index (χ3n) is 5.78. The third kappa shape index (κ3) is 5.39. The van der Waals surface area contributed by atoms with Gasteiger partial charge in [0.05, 0.1) is 18.0 Å². The summed E-state index contributed by atoms with van der Waals surface area (Å²) >= 11 is 1.35. The van der Waals surface area contributed by atoms with Gasteiger partial charge in [-0.05, 0) is 51.2 Å². The van der Waals surface area contributed by atoms with Gasteiger partial charge in [0.1, 0.15) is 0 Å². The molecule has 2 aliphatic rings. The number of aryl methyl sites for hydroxylation is 1. The number of likely N-dealkylation sites (tertiary alicyclic amines) is 1. The fraction of sp³-hybridized carbons (Fsp3) is 0.545. The van der Waals surface area contributed by atoms with Gasteiger partial charge in [-0.1, -0.05) is 29.5 Å². The first-order chi connectivity index (χ1) is 15.1. The van der Waals surface area contributed by atoms with E-state index in [0.717, 1.165) is 63.5 Å². The summed E-state index contributed by atoms with van der Waals surface area (Å²) in [5, 5.41) is 12.3. The van der Waals surface area contributed by atoms with Crippen molar-refractivity contribution in [2.75, 3.05) is 43.4 Å². The van der Waals surface area contributed by atoms with Crippen LogP contribution >= 0.6 is 11.8 Å². The predicted molar refractivity (Wildman–Crippen MR) is 122 cm³/mol. The van der Waals surface area contributed by atoms with Crippen molar-refractivity contribution in [1.82, 2.24) is 25.0 Å². The number of thioether (sulfide) groups is 1. The molecule has 0 radical (unpaired) electrons. The molecule has 31 heavy (non-hydrogen) atoms. The van der Waals surface area contributed by atoms with Crippen molar-refractivity contribution in [3.8, 4) is 5.69 Å². The maximum absolute atomic E-state index is 12.4. The topological polar surface area (TPSA) is 83.4 Å². The summed E-state index contributed by atoms with van der Waals surface area (Å²) in [5.41, 5.74) is 2.18. The van der Waals surface area contributed by atoms with Crippen LogP contribution < -0.4 is 10.2 Å². The lowest BCUT2D eigenvalue weighted by Crippen LogP contribution is -2.39. The number of rotatable bonds is 7. The van der Waals surface area contributed by atoms with E-state index in [2.05, 4.69) is 51.6 Å². The highest BCUT2D eigenvalue weighted by molar-refractivity contribution is 7.99. The molecule has 2 saturated heterocycles. The van der Waals surface area contributed by atoms with E-state index < -0.39 is 0 Å². The molecule has 2 aromatic rings. The number of hydrogen-bond donors (Lipinski definition) is 1. The number of hydrogen-bond acceptors (Lipinski definition) is 6. The minimum Gasteiger partial charge on any atom is -0.346 e. The molecule has 2 aliphatic heterocycles. The molecule has 0 spiro atoms. The molecular formula is C22H30N6O2S. The Hall–Kier alpha value is -2.55. The molecule has 0 atom stereocenters. The summed E-state index contributed by atoms with van der Waals surface area (Å²) in [7, 11) is 0. The van der Waals surface area contributed by atoms with Crippen LogP contribution in [0.1, 0.15) is 37.7 Å². The van der Waals surface area contributed by atoms with Crippen LogP contribution in [0, 0.1) is 6.92 Å². The van der Waals surface area contributed by atoms with Crippen molar-refractivity contribution < 1.29 is 9.59 Å². The first kappa shape index (κ1) is 21.7. The summed E-state index contributed by atoms with van der Waals surface area (Å²) in [6.07, 6.45) is 5.63. The van der Waals surface area contributed by atoms with E-state index in [4.69, 9.17) is 0 Å². The van der Waals surface area contributed by atoms with Crippen LogP contribution in [0.15, 0.2) is 29.4 Å². The molecular weight excluding hydrogens is 412 g/mol. The Morgan fingerprint density at radius 2 is 1.65 bits per heavy atom. The molecule has 2 fully saturated rings. The quantitative estimate of drug-likeness (QED) is 0.663. The molecule has 4 rings (SSSR count). The number of nitrogens with zero attached hydrogens (tertiary/aromatic N) is 5. The van der Waals surface area contributed by atoms with Crippen LogP contribution in [-0.4, -0.2) is 70.0 Å². The summed E-state index contributed by atoms with van der Waals surface area (Å²) < 4.78 is 2.04. The van der Waals surface area contributed by atoms with Crippen LogP contribution in [0.25, 0.3) is 5.69 Å². The van der Waals surface area contributed by atoms with Crippen LogP contribution in [0.3, 0.4) is 0 Å². The van der Waals surface area contributed by atoms with E-state index >= 15 is 0 Å². The number of carbonyl (C=O) groups is 2. The monoisotopic (exact) mass is 442 g/mol. The van der Waals surface area contributed by atoms with Crippen LogP contribution in [0.4, 0.5) is 5.95 Å². The van der Waals surface area contributed by atoms with E-state index in [0.29, 0.717) is 5.16 Å². The molecule has 0 saturated carbocycles. The largest absolute Gasteiger partial charge is 0.346 e. The number of benzene rings is 1. The van der Waals surface area contributed by atoms with Gasteiger partial charge in [0.25, 0.3) is 0 Å². The number of nitrogens with one attached hydrogen (secondary N) is 1. The molecule has 0 unspecified atom stereocenters. The van der Waals surface area contributed by atoms with Crippen molar-refractivity contribution in [3.05, 3.63) is 29.8 Å². The van der Waals surface area contributed by atoms with Crippen molar-refractivity contribution in [3.63, 3.8) is 0 Å². The normalized spacial score (nSPS) is 16.5. The highest BCUT2D eigenvalue weighted by Gasteiger charge is 2.22. The average Bonchev–Trinajstić information content (AvgIpc) is 3.48. The van der Waals surface area contributed by atoms with Gasteiger partial charge in [0.2, 0.25) is 17.8 Å². The van der Waals surface area contributed by atoms with E-state index in [9.17, 15) is 9.59 Å². The zero-order valence-corrected chi connectivity index (χ0v) is 18.9. The fourth-order valence-electron chi connectivity index (χ4n) is 4.01. The minimum absolute atomic E-state index is 0.00828. The molecule has 3 heterocycles. The van der Waals surface area contributed by atoms with Gasteiger partial charge in [-0.15, -0.1) is 10.2 Å². The lowest BCUT2D eigenvalue weighted by Gasteiger charge is -2.27. The third-order valence-corrected chi connectivity index (χ3v) is 6.70. The van der Waals surface area contributed by atoms with Crippen molar-refractivity contribution in [2.24, 2.45) is 0 Å². The van der Waals surface area contributed by atoms with E-state index in [-0.39, 0.29) is 24.1 Å². The van der Waals surface area contributed by atoms with E-state index in [1.54, 1.807) is 0 Å². The van der Waals surface area contributed by atoms with Gasteiger partial charge in [-0.3, -0.25) is 14.2 Å². The SMILES string of the molecule is Cc1ccc(-n2c(SCC(=O)NCC(=O)N3CCCC3)nnc2N2CCCCC2)cc1. The minimum atomic E-state index is -0.171. The molecule has 2 amide bonds. The van der Waals surface area contributed by atoms with Crippen LogP contribution in [-0.2, 0) is 9.59 Å². The fourth-order valence-corrected chi connectivity index (χ4v) is 4.78. The number of piperidine rings is 1. The summed E-state index contributed by atoms with van der Waals surface area (Å²) in [5.74, 6) is 0.842. The number of anilines is 1. The standard InChI is InChI=1S/C22H30N6O2S/c1-17-7-9-18(10-8-17)28-21(27-13-3-2-4-14-27)24-25-22(28)31-16-19(29)23-15-20(30)26-11-5-6-12-26/h7-10H,2-6,11-16H2,1H3,(H,23,29). The Kier molecular flexibility index (Phi) is 7.11. The average molecular weight is 443 g/mol. The maximum atomic E-state index is 12.4. The Balaban J connectivity index is 1.43. The Morgan fingerprint density at radius 3 is 2.35 bits per heavy atom. The molecule has 0 aliphatic carbocycles. The predicted octanol–water partition coefficient (Wildman–Crippen LogP) is 2.40. The lowest BCUT2D eigenvalue weighted by molar-refractivity contribution is -0.131. The van der Waals surface area contributed by atoms with Crippen LogP contribution in [0.5, 0.6) is 0 Å². The summed E-state index contributed by atoms with van der Waals surface area (Å²) in [4.78, 5) is 28.6. The summed E-state index contributed by atoms with van der Waals surface area (Å²) in [6, 6.07) is 8.26. The second kappa shape index (κ2) is 10.2. The highest BCUT2D eigenvalue weighted by Crippen LogP contribution is 2.28. The summed E-state index contributed by atoms with van der Waals surface area (Å²) in [6.45, 7) is 5.64.